The maximum atomic E-state index is 13.4. The molecule has 0 saturated carbocycles. The Hall–Kier alpha value is -3.74. The first-order valence-electron chi connectivity index (χ1n) is 9.91. The molecule has 3 heterocycles. The molecule has 1 N–H and O–H groups in total. The quantitative estimate of drug-likeness (QED) is 0.499. The van der Waals surface area contributed by atoms with Crippen molar-refractivity contribution in [3.63, 3.8) is 0 Å². The number of benzene rings is 2. The highest BCUT2D eigenvalue weighted by Crippen LogP contribution is 2.47. The second kappa shape index (κ2) is 5.66. The largest absolute Gasteiger partial charge is 0.354 e. The average molecular weight is 398 g/mol. The molecule has 0 saturated heterocycles. The summed E-state index contributed by atoms with van der Waals surface area (Å²) in [6.07, 6.45) is 4.32. The highest BCUT2D eigenvalue weighted by Gasteiger charge is 2.39. The number of carbonyl (C=O) groups is 3. The number of aromatic nitrogens is 3. The molecule has 30 heavy (non-hydrogen) atoms. The van der Waals surface area contributed by atoms with Gasteiger partial charge in [-0.15, -0.1) is 0 Å². The zero-order chi connectivity index (χ0) is 20.7. The SMILES string of the molecule is CC(=O)N1Cc2c(c3c(c4[nH]c5ccc(C=O)cc5c24)CCc2nn(C)cc2-3)C1=O. The van der Waals surface area contributed by atoms with E-state index in [2.05, 4.69) is 10.1 Å². The molecule has 1 aliphatic carbocycles. The Kier molecular flexibility index (Phi) is 3.23. The molecule has 4 aromatic rings. The summed E-state index contributed by atoms with van der Waals surface area (Å²) < 4.78 is 1.78. The summed E-state index contributed by atoms with van der Waals surface area (Å²) in [6.45, 7) is 1.66. The van der Waals surface area contributed by atoms with Crippen LogP contribution in [0.3, 0.4) is 0 Å². The van der Waals surface area contributed by atoms with Gasteiger partial charge in [0.1, 0.15) is 6.29 Å². The number of hydrogen-bond acceptors (Lipinski definition) is 4. The number of aromatic amines is 1. The molecule has 2 amide bonds. The molecule has 2 aromatic heterocycles. The van der Waals surface area contributed by atoms with Crippen LogP contribution in [0.2, 0.25) is 0 Å². The van der Waals surface area contributed by atoms with E-state index in [1.165, 1.54) is 11.8 Å². The Labute approximate surface area is 171 Å². The predicted molar refractivity (Wildman–Crippen MR) is 111 cm³/mol. The van der Waals surface area contributed by atoms with Gasteiger partial charge >= 0.3 is 0 Å². The van der Waals surface area contributed by atoms with Crippen LogP contribution in [-0.4, -0.2) is 37.8 Å². The van der Waals surface area contributed by atoms with E-state index in [0.717, 1.165) is 68.9 Å². The van der Waals surface area contributed by atoms with Crippen molar-refractivity contribution < 1.29 is 14.4 Å². The van der Waals surface area contributed by atoms with Crippen molar-refractivity contribution in [3.8, 4) is 11.1 Å². The van der Waals surface area contributed by atoms with Crippen molar-refractivity contribution in [2.24, 2.45) is 7.05 Å². The molecule has 0 radical (unpaired) electrons. The number of carbonyl (C=O) groups excluding carboxylic acids is 3. The van der Waals surface area contributed by atoms with Crippen LogP contribution in [0.5, 0.6) is 0 Å². The van der Waals surface area contributed by atoms with Crippen molar-refractivity contribution in [2.45, 2.75) is 26.3 Å². The van der Waals surface area contributed by atoms with Gasteiger partial charge in [-0.3, -0.25) is 24.0 Å². The second-order valence-electron chi connectivity index (χ2n) is 8.08. The summed E-state index contributed by atoms with van der Waals surface area (Å²) in [5, 5.41) is 6.42. The zero-order valence-electron chi connectivity index (χ0n) is 16.6. The normalized spacial score (nSPS) is 14.9. The van der Waals surface area contributed by atoms with Crippen LogP contribution in [0.1, 0.15) is 44.5 Å². The van der Waals surface area contributed by atoms with Crippen LogP contribution in [0.4, 0.5) is 0 Å². The highest BCUT2D eigenvalue weighted by molar-refractivity contribution is 6.21. The Balaban J connectivity index is 1.81. The van der Waals surface area contributed by atoms with Crippen molar-refractivity contribution in [1.82, 2.24) is 19.7 Å². The number of hydrogen-bond donors (Lipinski definition) is 1. The summed E-state index contributed by atoms with van der Waals surface area (Å²) in [7, 11) is 1.88. The van der Waals surface area contributed by atoms with Crippen LogP contribution >= 0.6 is 0 Å². The first kappa shape index (κ1) is 17.1. The molecule has 0 bridgehead atoms. The minimum absolute atomic E-state index is 0.237. The van der Waals surface area contributed by atoms with Gasteiger partial charge < -0.3 is 4.98 Å². The molecule has 7 nitrogen and oxygen atoms in total. The average Bonchev–Trinajstić information content (AvgIpc) is 3.39. The number of imide groups is 1. The summed E-state index contributed by atoms with van der Waals surface area (Å²) in [5.74, 6) is -0.526. The number of amides is 2. The third-order valence-electron chi connectivity index (χ3n) is 6.36. The third kappa shape index (κ3) is 2.04. The lowest BCUT2D eigenvalue weighted by molar-refractivity contribution is -0.126. The van der Waals surface area contributed by atoms with Crippen LogP contribution < -0.4 is 0 Å². The monoisotopic (exact) mass is 398 g/mol. The molecule has 148 valence electrons. The Bertz CT molecular complexity index is 1460. The van der Waals surface area contributed by atoms with E-state index < -0.39 is 0 Å². The van der Waals surface area contributed by atoms with E-state index in [1.54, 1.807) is 10.7 Å². The number of nitrogens with one attached hydrogen (secondary N) is 1. The van der Waals surface area contributed by atoms with E-state index in [9.17, 15) is 14.4 Å². The number of rotatable bonds is 1. The molecule has 0 atom stereocenters. The van der Waals surface area contributed by atoms with Crippen LogP contribution in [0, 0.1) is 0 Å². The summed E-state index contributed by atoms with van der Waals surface area (Å²) >= 11 is 0. The van der Waals surface area contributed by atoms with Gasteiger partial charge in [0, 0.05) is 53.1 Å². The lowest BCUT2D eigenvalue weighted by Gasteiger charge is -2.19. The van der Waals surface area contributed by atoms with Crippen LogP contribution in [0.15, 0.2) is 24.4 Å². The van der Waals surface area contributed by atoms with Gasteiger partial charge in [-0.25, -0.2) is 0 Å². The maximum Gasteiger partial charge on any atom is 0.261 e. The van der Waals surface area contributed by atoms with Crippen molar-refractivity contribution in [2.75, 3.05) is 0 Å². The lowest BCUT2D eigenvalue weighted by Crippen LogP contribution is -2.28. The topological polar surface area (TPSA) is 88.1 Å². The van der Waals surface area contributed by atoms with E-state index in [1.807, 2.05) is 25.4 Å². The van der Waals surface area contributed by atoms with E-state index in [-0.39, 0.29) is 18.4 Å². The first-order chi connectivity index (χ1) is 14.5. The van der Waals surface area contributed by atoms with Gasteiger partial charge in [0.15, 0.2) is 0 Å². The predicted octanol–water partition coefficient (Wildman–Crippen LogP) is 3.14. The molecule has 2 aromatic carbocycles. The molecule has 2 aliphatic rings. The summed E-state index contributed by atoms with van der Waals surface area (Å²) in [4.78, 5) is 41.8. The third-order valence-corrected chi connectivity index (χ3v) is 6.36. The van der Waals surface area contributed by atoms with E-state index in [0.29, 0.717) is 11.1 Å². The minimum Gasteiger partial charge on any atom is -0.354 e. The van der Waals surface area contributed by atoms with Gasteiger partial charge in [-0.05, 0) is 42.2 Å². The fourth-order valence-corrected chi connectivity index (χ4v) is 5.11. The number of aldehydes is 1. The number of fused-ring (bicyclic) bond motifs is 10. The van der Waals surface area contributed by atoms with E-state index in [4.69, 9.17) is 0 Å². The summed E-state index contributed by atoms with van der Waals surface area (Å²) in [5.41, 5.74) is 7.81. The zero-order valence-corrected chi connectivity index (χ0v) is 16.6. The minimum atomic E-state index is -0.270. The molecule has 0 fully saturated rings. The highest BCUT2D eigenvalue weighted by atomic mass is 16.2. The lowest BCUT2D eigenvalue weighted by atomic mass is 9.83. The van der Waals surface area contributed by atoms with Gasteiger partial charge in [0.2, 0.25) is 5.91 Å². The van der Waals surface area contributed by atoms with Crippen LogP contribution in [-0.2, 0) is 31.2 Å². The number of H-pyrrole nitrogens is 1. The smallest absolute Gasteiger partial charge is 0.261 e. The van der Waals surface area contributed by atoms with E-state index >= 15 is 0 Å². The Morgan fingerprint density at radius 3 is 2.80 bits per heavy atom. The van der Waals surface area contributed by atoms with Crippen molar-refractivity contribution in [1.29, 1.82) is 0 Å². The molecule has 1 aliphatic heterocycles. The maximum absolute atomic E-state index is 13.4. The van der Waals surface area contributed by atoms with Gasteiger partial charge in [-0.1, -0.05) is 0 Å². The molecule has 0 spiro atoms. The number of aryl methyl sites for hydroxylation is 3. The fraction of sp³-hybridized carbons (Fsp3) is 0.217. The van der Waals surface area contributed by atoms with Gasteiger partial charge in [0.05, 0.1) is 23.3 Å². The molecule has 7 heteroatoms. The molecule has 0 unspecified atom stereocenters. The fourth-order valence-electron chi connectivity index (χ4n) is 5.11. The van der Waals surface area contributed by atoms with Crippen molar-refractivity contribution >= 4 is 39.9 Å². The molecular weight excluding hydrogens is 380 g/mol. The van der Waals surface area contributed by atoms with Crippen LogP contribution in [0.25, 0.3) is 32.9 Å². The standard InChI is InChI=1S/C23H18N4O3/c1-11(29)27-9-16-20-14-7-12(10-28)3-5-17(14)24-22(20)13-4-6-18-15(8-26(2)25-18)19(13)21(16)23(27)30/h3,5,7-8,10,24H,4,6,9H2,1-2H3. The second-order valence-corrected chi connectivity index (χ2v) is 8.08. The number of nitrogens with zero attached hydrogens (tertiary/aromatic N) is 3. The van der Waals surface area contributed by atoms with Gasteiger partial charge in [0.25, 0.3) is 5.91 Å². The molecular formula is C23H18N4O3. The summed E-state index contributed by atoms with van der Waals surface area (Å²) in [6, 6.07) is 5.53. The van der Waals surface area contributed by atoms with Crippen molar-refractivity contribution in [3.05, 3.63) is 52.3 Å². The van der Waals surface area contributed by atoms with Gasteiger partial charge in [-0.2, -0.15) is 5.10 Å². The molecule has 6 rings (SSSR count). The Morgan fingerprint density at radius 2 is 2.03 bits per heavy atom. The Morgan fingerprint density at radius 1 is 1.20 bits per heavy atom. The first-order valence-corrected chi connectivity index (χ1v) is 9.91.